The molecule has 1 aromatic rings. The summed E-state index contributed by atoms with van der Waals surface area (Å²) in [6, 6.07) is 0. The van der Waals surface area contributed by atoms with Crippen molar-refractivity contribution < 1.29 is 0 Å². The van der Waals surface area contributed by atoms with E-state index in [1.807, 2.05) is 0 Å². The Labute approximate surface area is 149 Å². The molecular formula is C20H40N4. The molecule has 24 heavy (non-hydrogen) atoms. The Hall–Kier alpha value is -1.06. The Balaban J connectivity index is 1.70. The maximum atomic E-state index is 5.49. The van der Waals surface area contributed by atoms with Crippen LogP contribution in [-0.2, 0) is 6.42 Å². The van der Waals surface area contributed by atoms with Crippen LogP contribution in [0, 0.1) is 0 Å². The summed E-state index contributed by atoms with van der Waals surface area (Å²) in [7, 11) is 0. The van der Waals surface area contributed by atoms with Gasteiger partial charge >= 0.3 is 0 Å². The fourth-order valence-corrected chi connectivity index (χ4v) is 3.26. The number of rotatable bonds is 17. The number of anilines is 1. The largest absolute Gasteiger partial charge is 0.367 e. The van der Waals surface area contributed by atoms with Crippen molar-refractivity contribution >= 4 is 5.95 Å². The summed E-state index contributed by atoms with van der Waals surface area (Å²) in [4.78, 5) is 4.13. The maximum Gasteiger partial charge on any atom is 0.239 e. The molecule has 1 rings (SSSR count). The fourth-order valence-electron chi connectivity index (χ4n) is 3.26. The van der Waals surface area contributed by atoms with Crippen LogP contribution in [0.5, 0.6) is 0 Å². The molecule has 0 bridgehead atoms. The molecule has 0 aliphatic heterocycles. The Morgan fingerprint density at radius 2 is 1.08 bits per heavy atom. The fraction of sp³-hybridized carbons (Fsp3) is 0.900. The van der Waals surface area contributed by atoms with Crippen LogP contribution in [0.15, 0.2) is 0 Å². The molecule has 1 aromatic heterocycles. The van der Waals surface area contributed by atoms with Gasteiger partial charge in [0.15, 0.2) is 0 Å². The number of unbranched alkanes of at least 4 members (excludes halogenated alkanes) is 15. The van der Waals surface area contributed by atoms with Crippen LogP contribution in [0.2, 0.25) is 0 Å². The first-order valence-corrected chi connectivity index (χ1v) is 10.5. The van der Waals surface area contributed by atoms with E-state index in [0.717, 1.165) is 12.2 Å². The molecule has 0 fully saturated rings. The number of nitrogen functional groups attached to an aromatic ring is 1. The highest BCUT2D eigenvalue weighted by Gasteiger charge is 1.99. The van der Waals surface area contributed by atoms with Gasteiger partial charge in [0.2, 0.25) is 5.95 Å². The summed E-state index contributed by atoms with van der Waals surface area (Å²) in [5.74, 6) is 1.29. The highest BCUT2D eigenvalue weighted by Crippen LogP contribution is 2.14. The zero-order chi connectivity index (χ0) is 17.3. The molecular weight excluding hydrogens is 296 g/mol. The molecule has 0 aliphatic rings. The van der Waals surface area contributed by atoms with Gasteiger partial charge in [-0.3, -0.25) is 5.10 Å². The van der Waals surface area contributed by atoms with Gasteiger partial charge in [0.25, 0.3) is 0 Å². The number of nitrogens with one attached hydrogen (secondary N) is 1. The summed E-state index contributed by atoms with van der Waals surface area (Å²) in [5, 5.41) is 6.72. The minimum Gasteiger partial charge on any atom is -0.367 e. The molecule has 0 spiro atoms. The molecule has 0 saturated heterocycles. The lowest BCUT2D eigenvalue weighted by molar-refractivity contribution is 0.529. The summed E-state index contributed by atoms with van der Waals surface area (Å²) in [6.45, 7) is 2.29. The number of nitrogens with two attached hydrogens (primary N) is 1. The van der Waals surface area contributed by atoms with Crippen LogP contribution in [-0.4, -0.2) is 15.2 Å². The summed E-state index contributed by atoms with van der Waals surface area (Å²) >= 11 is 0. The van der Waals surface area contributed by atoms with Crippen LogP contribution in [0.3, 0.4) is 0 Å². The van der Waals surface area contributed by atoms with Crippen molar-refractivity contribution in [3.63, 3.8) is 0 Å². The van der Waals surface area contributed by atoms with E-state index in [0.29, 0.717) is 5.95 Å². The average Bonchev–Trinajstić information content (AvgIpc) is 3.00. The molecule has 0 atom stereocenters. The Bertz CT molecular complexity index is 375. The van der Waals surface area contributed by atoms with Crippen molar-refractivity contribution in [1.29, 1.82) is 0 Å². The van der Waals surface area contributed by atoms with E-state index in [1.165, 1.54) is 103 Å². The number of H-pyrrole nitrogens is 1. The molecule has 0 saturated carbocycles. The van der Waals surface area contributed by atoms with E-state index in [9.17, 15) is 0 Å². The SMILES string of the molecule is CCCCCCCCCCCCCCCCCCc1nc(N)n[nH]1. The van der Waals surface area contributed by atoms with E-state index in [-0.39, 0.29) is 0 Å². The first kappa shape index (κ1) is 21.0. The Morgan fingerprint density at radius 1 is 0.667 bits per heavy atom. The van der Waals surface area contributed by atoms with Gasteiger partial charge in [-0.1, -0.05) is 103 Å². The van der Waals surface area contributed by atoms with Crippen molar-refractivity contribution in [1.82, 2.24) is 15.2 Å². The average molecular weight is 337 g/mol. The Morgan fingerprint density at radius 3 is 1.46 bits per heavy atom. The second-order valence-corrected chi connectivity index (χ2v) is 7.19. The smallest absolute Gasteiger partial charge is 0.239 e. The molecule has 3 N–H and O–H groups in total. The third-order valence-electron chi connectivity index (χ3n) is 4.82. The second-order valence-electron chi connectivity index (χ2n) is 7.19. The maximum absolute atomic E-state index is 5.49. The van der Waals surface area contributed by atoms with E-state index >= 15 is 0 Å². The molecule has 0 aliphatic carbocycles. The predicted molar refractivity (Wildman–Crippen MR) is 104 cm³/mol. The van der Waals surface area contributed by atoms with Crippen molar-refractivity contribution in [2.24, 2.45) is 0 Å². The van der Waals surface area contributed by atoms with Crippen LogP contribution >= 0.6 is 0 Å². The van der Waals surface area contributed by atoms with Gasteiger partial charge in [0, 0.05) is 6.42 Å². The van der Waals surface area contributed by atoms with E-state index in [1.54, 1.807) is 0 Å². The molecule has 0 amide bonds. The summed E-state index contributed by atoms with van der Waals surface area (Å²) in [5.41, 5.74) is 5.49. The quantitative estimate of drug-likeness (QED) is 0.333. The first-order valence-electron chi connectivity index (χ1n) is 10.5. The third kappa shape index (κ3) is 12.4. The van der Waals surface area contributed by atoms with Gasteiger partial charge in [0.1, 0.15) is 5.82 Å². The zero-order valence-corrected chi connectivity index (χ0v) is 16.0. The van der Waals surface area contributed by atoms with E-state index in [4.69, 9.17) is 5.73 Å². The lowest BCUT2D eigenvalue weighted by Crippen LogP contribution is -1.90. The van der Waals surface area contributed by atoms with E-state index in [2.05, 4.69) is 22.1 Å². The number of aryl methyl sites for hydroxylation is 1. The molecule has 4 heteroatoms. The van der Waals surface area contributed by atoms with Crippen LogP contribution in [0.25, 0.3) is 0 Å². The van der Waals surface area contributed by atoms with E-state index < -0.39 is 0 Å². The standard InChI is InChI=1S/C20H40N4/c1-2-3-4-5-6-7-8-9-10-11-12-13-14-15-16-17-18-19-22-20(21)24-23-19/h2-18H2,1H3,(H3,21,22,23,24). The normalized spacial score (nSPS) is 11.2. The Kier molecular flexibility index (Phi) is 13.5. The van der Waals surface area contributed by atoms with Gasteiger partial charge in [-0.25, -0.2) is 0 Å². The third-order valence-corrected chi connectivity index (χ3v) is 4.82. The van der Waals surface area contributed by atoms with Gasteiger partial charge in [0.05, 0.1) is 0 Å². The minimum absolute atomic E-state index is 0.362. The van der Waals surface area contributed by atoms with Crippen LogP contribution < -0.4 is 5.73 Å². The molecule has 1 heterocycles. The second kappa shape index (κ2) is 15.5. The highest BCUT2D eigenvalue weighted by atomic mass is 15.3. The minimum atomic E-state index is 0.362. The van der Waals surface area contributed by atoms with Crippen molar-refractivity contribution in [3.05, 3.63) is 5.82 Å². The highest BCUT2D eigenvalue weighted by molar-refractivity contribution is 5.12. The predicted octanol–water partition coefficient (Wildman–Crippen LogP) is 6.19. The lowest BCUT2D eigenvalue weighted by atomic mass is 10.0. The molecule has 0 aromatic carbocycles. The van der Waals surface area contributed by atoms with Crippen molar-refractivity contribution in [2.45, 2.75) is 116 Å². The van der Waals surface area contributed by atoms with Gasteiger partial charge in [-0.2, -0.15) is 4.98 Å². The number of nitrogens with zero attached hydrogens (tertiary/aromatic N) is 2. The zero-order valence-electron chi connectivity index (χ0n) is 16.0. The van der Waals surface area contributed by atoms with Gasteiger partial charge < -0.3 is 5.73 Å². The van der Waals surface area contributed by atoms with Crippen molar-refractivity contribution in [2.75, 3.05) is 5.73 Å². The molecule has 0 radical (unpaired) electrons. The van der Waals surface area contributed by atoms with Gasteiger partial charge in [-0.15, -0.1) is 5.10 Å². The topological polar surface area (TPSA) is 67.6 Å². The molecule has 0 unspecified atom stereocenters. The number of aromatic nitrogens is 3. The first-order chi connectivity index (χ1) is 11.8. The summed E-state index contributed by atoms with van der Waals surface area (Å²) < 4.78 is 0. The lowest BCUT2D eigenvalue weighted by Gasteiger charge is -2.03. The molecule has 4 nitrogen and oxygen atoms in total. The number of aromatic amines is 1. The summed E-state index contributed by atoms with van der Waals surface area (Å²) in [6.07, 6.45) is 23.4. The molecule has 140 valence electrons. The van der Waals surface area contributed by atoms with Crippen LogP contribution in [0.4, 0.5) is 5.95 Å². The van der Waals surface area contributed by atoms with Crippen molar-refractivity contribution in [3.8, 4) is 0 Å². The van der Waals surface area contributed by atoms with Gasteiger partial charge in [-0.05, 0) is 6.42 Å². The monoisotopic (exact) mass is 336 g/mol. The van der Waals surface area contributed by atoms with Crippen LogP contribution in [0.1, 0.15) is 115 Å². The number of hydrogen-bond donors (Lipinski definition) is 2. The number of hydrogen-bond acceptors (Lipinski definition) is 3.